The van der Waals surface area contributed by atoms with Gasteiger partial charge in [0.25, 0.3) is 0 Å². The third kappa shape index (κ3) is 5.78. The van der Waals surface area contributed by atoms with Crippen LogP contribution in [0.4, 0.5) is 4.39 Å². The predicted octanol–water partition coefficient (Wildman–Crippen LogP) is 5.20. The molecule has 0 saturated carbocycles. The van der Waals surface area contributed by atoms with Crippen molar-refractivity contribution < 1.29 is 27.7 Å². The van der Waals surface area contributed by atoms with Gasteiger partial charge in [0.05, 0.1) is 0 Å². The smallest absolute Gasteiger partial charge is 0.395 e. The Balaban J connectivity index is 1.55. The van der Waals surface area contributed by atoms with E-state index in [0.717, 1.165) is 5.56 Å². The van der Waals surface area contributed by atoms with Gasteiger partial charge in [-0.05, 0) is 60.5 Å². The second kappa shape index (κ2) is 8.83. The molecule has 0 saturated heterocycles. The molecule has 5 nitrogen and oxygen atoms in total. The molecule has 28 heavy (non-hydrogen) atoms. The summed E-state index contributed by atoms with van der Waals surface area (Å²) in [4.78, 5) is 22.0. The van der Waals surface area contributed by atoms with E-state index in [9.17, 15) is 18.6 Å². The Morgan fingerprint density at radius 3 is 2.04 bits per heavy atom. The zero-order valence-corrected chi connectivity index (χ0v) is 15.7. The van der Waals surface area contributed by atoms with Gasteiger partial charge in [0.2, 0.25) is 0 Å². The summed E-state index contributed by atoms with van der Waals surface area (Å²) in [6.45, 7) is 0. The van der Waals surface area contributed by atoms with Gasteiger partial charge in [-0.1, -0.05) is 30.3 Å². The SMILES string of the molecule is O=C(CCc1ccc(OP(=O)(O)Oc2ccccc2)cc1)c1ccc(F)cc1. The highest BCUT2D eigenvalue weighted by Gasteiger charge is 2.24. The van der Waals surface area contributed by atoms with Crippen LogP contribution in [0.1, 0.15) is 22.3 Å². The molecule has 3 aromatic carbocycles. The van der Waals surface area contributed by atoms with E-state index in [2.05, 4.69) is 0 Å². The molecule has 1 atom stereocenters. The molecule has 1 unspecified atom stereocenters. The van der Waals surface area contributed by atoms with Gasteiger partial charge in [0.1, 0.15) is 17.3 Å². The fraction of sp³-hybridized carbons (Fsp3) is 0.0952. The maximum absolute atomic E-state index is 12.9. The average molecular weight is 400 g/mol. The Morgan fingerprint density at radius 1 is 0.857 bits per heavy atom. The molecule has 0 spiro atoms. The number of ketones is 1. The van der Waals surface area contributed by atoms with Crippen molar-refractivity contribution in [2.75, 3.05) is 0 Å². The number of phosphoric acid groups is 1. The van der Waals surface area contributed by atoms with Crippen molar-refractivity contribution in [3.8, 4) is 11.5 Å². The van der Waals surface area contributed by atoms with Gasteiger partial charge in [0, 0.05) is 12.0 Å². The van der Waals surface area contributed by atoms with Gasteiger partial charge >= 0.3 is 7.82 Å². The van der Waals surface area contributed by atoms with E-state index in [1.807, 2.05) is 0 Å². The number of carbonyl (C=O) groups is 1. The van der Waals surface area contributed by atoms with Crippen LogP contribution < -0.4 is 9.05 Å². The third-order valence-electron chi connectivity index (χ3n) is 3.92. The van der Waals surface area contributed by atoms with Gasteiger partial charge in [-0.2, -0.15) is 0 Å². The van der Waals surface area contributed by atoms with Gasteiger partial charge < -0.3 is 9.05 Å². The molecular formula is C21H18FO5P. The number of hydrogen-bond donors (Lipinski definition) is 1. The number of rotatable bonds is 8. The first-order valence-corrected chi connectivity index (χ1v) is 10.1. The molecule has 0 amide bonds. The molecule has 0 heterocycles. The van der Waals surface area contributed by atoms with Crippen LogP contribution in [0.3, 0.4) is 0 Å². The lowest BCUT2D eigenvalue weighted by Gasteiger charge is -2.14. The van der Waals surface area contributed by atoms with Crippen molar-refractivity contribution in [3.05, 3.63) is 95.8 Å². The topological polar surface area (TPSA) is 72.8 Å². The van der Waals surface area contributed by atoms with Crippen LogP contribution in [0.25, 0.3) is 0 Å². The summed E-state index contributed by atoms with van der Waals surface area (Å²) >= 11 is 0. The molecule has 0 bridgehead atoms. The zero-order chi connectivity index (χ0) is 20.0. The normalized spacial score (nSPS) is 12.8. The molecule has 0 aromatic heterocycles. The van der Waals surface area contributed by atoms with E-state index < -0.39 is 7.82 Å². The standard InChI is InChI=1S/C21H18FO5P/c22-18-11-9-17(10-12-18)21(23)15-8-16-6-13-20(14-7-16)27-28(24,25)26-19-4-2-1-3-5-19/h1-7,9-14H,8,15H2,(H,24,25). The first-order valence-electron chi connectivity index (χ1n) is 8.56. The highest BCUT2D eigenvalue weighted by molar-refractivity contribution is 7.48. The maximum atomic E-state index is 12.9. The van der Waals surface area contributed by atoms with E-state index in [0.29, 0.717) is 12.0 Å². The number of phosphoric ester groups is 1. The minimum absolute atomic E-state index is 0.0866. The van der Waals surface area contributed by atoms with Crippen molar-refractivity contribution in [2.45, 2.75) is 12.8 Å². The molecule has 7 heteroatoms. The molecule has 3 rings (SSSR count). The quantitative estimate of drug-likeness (QED) is 0.416. The van der Waals surface area contributed by atoms with Gasteiger partial charge in [-0.3, -0.25) is 9.69 Å². The Labute approximate surface area is 162 Å². The van der Waals surface area contributed by atoms with Crippen LogP contribution in [0.15, 0.2) is 78.9 Å². The molecule has 144 valence electrons. The predicted molar refractivity (Wildman–Crippen MR) is 103 cm³/mol. The lowest BCUT2D eigenvalue weighted by atomic mass is 10.0. The lowest BCUT2D eigenvalue weighted by Crippen LogP contribution is -2.02. The maximum Gasteiger partial charge on any atom is 0.584 e. The minimum atomic E-state index is -4.31. The highest BCUT2D eigenvalue weighted by atomic mass is 31.2. The molecule has 0 aliphatic heterocycles. The van der Waals surface area contributed by atoms with Crippen LogP contribution in [-0.4, -0.2) is 10.7 Å². The second-order valence-corrected chi connectivity index (χ2v) is 7.34. The highest BCUT2D eigenvalue weighted by Crippen LogP contribution is 2.44. The number of halogens is 1. The molecule has 1 N–H and O–H groups in total. The first kappa shape index (κ1) is 19.8. The summed E-state index contributed by atoms with van der Waals surface area (Å²) in [6.07, 6.45) is 0.745. The molecule has 0 radical (unpaired) electrons. The van der Waals surface area contributed by atoms with Crippen LogP contribution >= 0.6 is 7.82 Å². The van der Waals surface area contributed by atoms with Crippen molar-refractivity contribution in [1.82, 2.24) is 0 Å². The monoisotopic (exact) mass is 400 g/mol. The summed E-state index contributed by atoms with van der Waals surface area (Å²) in [5.41, 5.74) is 1.32. The van der Waals surface area contributed by atoms with Crippen LogP contribution in [0, 0.1) is 5.82 Å². The summed E-state index contributed by atoms with van der Waals surface area (Å²) in [7, 11) is -4.31. The minimum Gasteiger partial charge on any atom is -0.395 e. The van der Waals surface area contributed by atoms with E-state index in [1.165, 1.54) is 36.4 Å². The van der Waals surface area contributed by atoms with Crippen LogP contribution in [0.5, 0.6) is 11.5 Å². The van der Waals surface area contributed by atoms with E-state index >= 15 is 0 Å². The van der Waals surface area contributed by atoms with Gasteiger partial charge in [-0.25, -0.2) is 8.96 Å². The Morgan fingerprint density at radius 2 is 1.43 bits per heavy atom. The van der Waals surface area contributed by atoms with Crippen molar-refractivity contribution in [1.29, 1.82) is 0 Å². The summed E-state index contributed by atoms with van der Waals surface area (Å²) < 4.78 is 35.0. The number of hydrogen-bond acceptors (Lipinski definition) is 4. The van der Waals surface area contributed by atoms with Gasteiger partial charge in [-0.15, -0.1) is 0 Å². The van der Waals surface area contributed by atoms with Crippen molar-refractivity contribution >= 4 is 13.6 Å². The number of Topliss-reactive ketones (excluding diaryl/α,β-unsaturated/α-hetero) is 1. The Hall–Kier alpha value is -2.95. The van der Waals surface area contributed by atoms with Crippen LogP contribution in [0.2, 0.25) is 0 Å². The second-order valence-electron chi connectivity index (χ2n) is 6.04. The fourth-order valence-electron chi connectivity index (χ4n) is 2.52. The summed E-state index contributed by atoms with van der Waals surface area (Å²) in [5.74, 6) is -0.0689. The average Bonchev–Trinajstić information content (AvgIpc) is 2.68. The van der Waals surface area contributed by atoms with E-state index in [-0.39, 0.29) is 29.5 Å². The number of carbonyl (C=O) groups excluding carboxylic acids is 1. The number of aryl methyl sites for hydroxylation is 1. The largest absolute Gasteiger partial charge is 0.584 e. The number of benzene rings is 3. The lowest BCUT2D eigenvalue weighted by molar-refractivity contribution is 0.0982. The molecule has 0 aliphatic rings. The molecular weight excluding hydrogens is 382 g/mol. The first-order chi connectivity index (χ1) is 13.4. The zero-order valence-electron chi connectivity index (χ0n) is 14.8. The van der Waals surface area contributed by atoms with Crippen molar-refractivity contribution in [2.24, 2.45) is 0 Å². The Bertz CT molecular complexity index is 972. The third-order valence-corrected chi connectivity index (χ3v) is 4.80. The fourth-order valence-corrected chi connectivity index (χ4v) is 3.33. The Kier molecular flexibility index (Phi) is 6.24. The molecule has 0 aliphatic carbocycles. The van der Waals surface area contributed by atoms with E-state index in [1.54, 1.807) is 42.5 Å². The summed E-state index contributed by atoms with van der Waals surface area (Å²) in [6, 6.07) is 20.1. The molecule has 0 fully saturated rings. The van der Waals surface area contributed by atoms with Gasteiger partial charge in [0.15, 0.2) is 5.78 Å². The van der Waals surface area contributed by atoms with Crippen molar-refractivity contribution in [3.63, 3.8) is 0 Å². The van der Waals surface area contributed by atoms with Crippen LogP contribution in [-0.2, 0) is 11.0 Å². The molecule has 3 aromatic rings. The van der Waals surface area contributed by atoms with E-state index in [4.69, 9.17) is 9.05 Å². The number of para-hydroxylation sites is 1. The summed E-state index contributed by atoms with van der Waals surface area (Å²) in [5, 5.41) is 0.